The summed E-state index contributed by atoms with van der Waals surface area (Å²) in [4.78, 5) is 3.93. The third-order valence-corrected chi connectivity index (χ3v) is 1.98. The van der Waals surface area contributed by atoms with Crippen molar-refractivity contribution < 1.29 is 0 Å². The predicted octanol–water partition coefficient (Wildman–Crippen LogP) is 2.01. The van der Waals surface area contributed by atoms with Gasteiger partial charge < -0.3 is 0 Å². The Labute approximate surface area is 81.0 Å². The molecule has 0 atom stereocenters. The highest BCUT2D eigenvalue weighted by atomic mass is 35.5. The molecule has 2 heterocycles. The third-order valence-electron chi connectivity index (χ3n) is 1.71. The molecule has 13 heavy (non-hydrogen) atoms. The van der Waals surface area contributed by atoms with E-state index in [1.54, 1.807) is 17.1 Å². The molecule has 0 saturated carbocycles. The van der Waals surface area contributed by atoms with E-state index in [1.807, 2.05) is 24.4 Å². The van der Waals surface area contributed by atoms with Crippen molar-refractivity contribution in [1.29, 1.82) is 0 Å². The fourth-order valence-electron chi connectivity index (χ4n) is 1.07. The number of alkyl halides is 1. The predicted molar refractivity (Wildman–Crippen MR) is 50.9 cm³/mol. The Morgan fingerprint density at radius 2 is 2.00 bits per heavy atom. The van der Waals surface area contributed by atoms with E-state index in [0.29, 0.717) is 5.88 Å². The highest BCUT2D eigenvalue weighted by Crippen LogP contribution is 2.06. The van der Waals surface area contributed by atoms with E-state index in [2.05, 4.69) is 10.1 Å². The van der Waals surface area contributed by atoms with E-state index in [4.69, 9.17) is 11.6 Å². The first-order chi connectivity index (χ1) is 6.40. The van der Waals surface area contributed by atoms with Crippen molar-refractivity contribution in [3.8, 4) is 5.69 Å². The zero-order valence-electron chi connectivity index (χ0n) is 6.89. The number of aromatic nitrogens is 3. The molecule has 0 aliphatic rings. The molecular formula is C9H8ClN3. The molecular weight excluding hydrogens is 186 g/mol. The van der Waals surface area contributed by atoms with Crippen LogP contribution in [0.2, 0.25) is 0 Å². The second-order valence-electron chi connectivity index (χ2n) is 2.59. The topological polar surface area (TPSA) is 30.7 Å². The number of rotatable bonds is 2. The van der Waals surface area contributed by atoms with Crippen molar-refractivity contribution in [3.63, 3.8) is 0 Å². The Morgan fingerprint density at radius 3 is 2.62 bits per heavy atom. The number of hydrogen-bond acceptors (Lipinski definition) is 2. The second-order valence-corrected chi connectivity index (χ2v) is 2.86. The zero-order chi connectivity index (χ0) is 9.10. The van der Waals surface area contributed by atoms with Crippen LogP contribution in [-0.2, 0) is 5.88 Å². The molecule has 0 amide bonds. The van der Waals surface area contributed by atoms with Gasteiger partial charge in [0.25, 0.3) is 0 Å². The van der Waals surface area contributed by atoms with Crippen LogP contribution in [0.25, 0.3) is 5.69 Å². The second kappa shape index (κ2) is 3.58. The van der Waals surface area contributed by atoms with Crippen molar-refractivity contribution in [3.05, 3.63) is 42.5 Å². The minimum atomic E-state index is 0.443. The lowest BCUT2D eigenvalue weighted by atomic mass is 10.4. The van der Waals surface area contributed by atoms with Gasteiger partial charge in [-0.05, 0) is 18.2 Å². The van der Waals surface area contributed by atoms with Crippen molar-refractivity contribution in [2.45, 2.75) is 5.88 Å². The van der Waals surface area contributed by atoms with Crippen LogP contribution in [-0.4, -0.2) is 14.8 Å². The van der Waals surface area contributed by atoms with Gasteiger partial charge in [0.15, 0.2) is 0 Å². The fraction of sp³-hybridized carbons (Fsp3) is 0.111. The quantitative estimate of drug-likeness (QED) is 0.684. The maximum absolute atomic E-state index is 5.64. The van der Waals surface area contributed by atoms with Gasteiger partial charge in [-0.2, -0.15) is 5.10 Å². The highest BCUT2D eigenvalue weighted by molar-refractivity contribution is 6.16. The molecule has 0 aliphatic carbocycles. The average Bonchev–Trinajstić information content (AvgIpc) is 2.67. The largest absolute Gasteiger partial charge is 0.265 e. The van der Waals surface area contributed by atoms with E-state index < -0.39 is 0 Å². The normalized spacial score (nSPS) is 10.2. The van der Waals surface area contributed by atoms with E-state index in [-0.39, 0.29) is 0 Å². The lowest BCUT2D eigenvalue weighted by Crippen LogP contribution is -1.94. The lowest BCUT2D eigenvalue weighted by molar-refractivity contribution is 0.856. The molecule has 0 aliphatic heterocycles. The molecule has 0 aromatic carbocycles. The highest BCUT2D eigenvalue weighted by Gasteiger charge is 1.98. The Morgan fingerprint density at radius 1 is 1.23 bits per heavy atom. The van der Waals surface area contributed by atoms with Gasteiger partial charge in [-0.1, -0.05) is 0 Å². The van der Waals surface area contributed by atoms with Gasteiger partial charge in [0, 0.05) is 18.6 Å². The van der Waals surface area contributed by atoms with Crippen LogP contribution >= 0.6 is 11.6 Å². The SMILES string of the molecule is ClCc1ccn(-c2ccncc2)n1. The summed E-state index contributed by atoms with van der Waals surface area (Å²) in [6.45, 7) is 0. The van der Waals surface area contributed by atoms with E-state index >= 15 is 0 Å². The number of pyridine rings is 1. The van der Waals surface area contributed by atoms with Gasteiger partial charge in [-0.15, -0.1) is 11.6 Å². The smallest absolute Gasteiger partial charge is 0.0776 e. The van der Waals surface area contributed by atoms with Crippen LogP contribution in [0.15, 0.2) is 36.8 Å². The first kappa shape index (κ1) is 8.26. The molecule has 0 bridgehead atoms. The van der Waals surface area contributed by atoms with Crippen LogP contribution in [0, 0.1) is 0 Å². The van der Waals surface area contributed by atoms with Gasteiger partial charge in [0.1, 0.15) is 0 Å². The van der Waals surface area contributed by atoms with Crippen LogP contribution < -0.4 is 0 Å². The molecule has 66 valence electrons. The maximum Gasteiger partial charge on any atom is 0.0776 e. The summed E-state index contributed by atoms with van der Waals surface area (Å²) < 4.78 is 1.78. The molecule has 0 saturated heterocycles. The van der Waals surface area contributed by atoms with Crippen LogP contribution in [0.5, 0.6) is 0 Å². The standard InChI is InChI=1S/C9H8ClN3/c10-7-8-3-6-13(12-8)9-1-4-11-5-2-9/h1-6H,7H2. The lowest BCUT2D eigenvalue weighted by Gasteiger charge is -1.98. The van der Waals surface area contributed by atoms with Crippen LogP contribution in [0.4, 0.5) is 0 Å². The van der Waals surface area contributed by atoms with E-state index in [9.17, 15) is 0 Å². The summed E-state index contributed by atoms with van der Waals surface area (Å²) in [7, 11) is 0. The summed E-state index contributed by atoms with van der Waals surface area (Å²) >= 11 is 5.64. The Bertz CT molecular complexity index is 383. The van der Waals surface area contributed by atoms with Crippen molar-refractivity contribution in [1.82, 2.24) is 14.8 Å². The zero-order valence-corrected chi connectivity index (χ0v) is 7.65. The monoisotopic (exact) mass is 193 g/mol. The molecule has 4 heteroatoms. The van der Waals surface area contributed by atoms with Crippen molar-refractivity contribution >= 4 is 11.6 Å². The minimum absolute atomic E-state index is 0.443. The number of nitrogens with zero attached hydrogens (tertiary/aromatic N) is 3. The fourth-order valence-corrected chi connectivity index (χ4v) is 1.22. The minimum Gasteiger partial charge on any atom is -0.265 e. The molecule has 0 spiro atoms. The van der Waals surface area contributed by atoms with Gasteiger partial charge in [-0.3, -0.25) is 4.98 Å². The van der Waals surface area contributed by atoms with E-state index in [1.165, 1.54) is 0 Å². The first-order valence-corrected chi connectivity index (χ1v) is 4.44. The van der Waals surface area contributed by atoms with Gasteiger partial charge in [-0.25, -0.2) is 4.68 Å². The van der Waals surface area contributed by atoms with Gasteiger partial charge >= 0.3 is 0 Å². The summed E-state index contributed by atoms with van der Waals surface area (Å²) in [5.74, 6) is 0.443. The average molecular weight is 194 g/mol. The molecule has 2 aromatic rings. The summed E-state index contributed by atoms with van der Waals surface area (Å²) in [6.07, 6.45) is 5.35. The first-order valence-electron chi connectivity index (χ1n) is 3.91. The maximum atomic E-state index is 5.64. The molecule has 0 radical (unpaired) electrons. The van der Waals surface area contributed by atoms with Crippen LogP contribution in [0.1, 0.15) is 5.69 Å². The molecule has 3 nitrogen and oxygen atoms in total. The summed E-state index contributed by atoms with van der Waals surface area (Å²) in [6, 6.07) is 5.68. The Kier molecular flexibility index (Phi) is 2.27. The molecule has 0 fully saturated rings. The third kappa shape index (κ3) is 1.70. The molecule has 0 N–H and O–H groups in total. The summed E-state index contributed by atoms with van der Waals surface area (Å²) in [5.41, 5.74) is 1.87. The molecule has 0 unspecified atom stereocenters. The van der Waals surface area contributed by atoms with Crippen LogP contribution in [0.3, 0.4) is 0 Å². The van der Waals surface area contributed by atoms with Crippen molar-refractivity contribution in [2.24, 2.45) is 0 Å². The van der Waals surface area contributed by atoms with Gasteiger partial charge in [0.05, 0.1) is 17.3 Å². The van der Waals surface area contributed by atoms with Gasteiger partial charge in [0.2, 0.25) is 0 Å². The summed E-state index contributed by atoms with van der Waals surface area (Å²) in [5, 5.41) is 4.26. The Balaban J connectivity index is 2.36. The Hall–Kier alpha value is -1.35. The van der Waals surface area contributed by atoms with E-state index in [0.717, 1.165) is 11.4 Å². The number of halogens is 1. The number of hydrogen-bond donors (Lipinski definition) is 0. The molecule has 2 rings (SSSR count). The van der Waals surface area contributed by atoms with Crippen molar-refractivity contribution in [2.75, 3.05) is 0 Å². The molecule has 2 aromatic heterocycles.